The van der Waals surface area contributed by atoms with Crippen molar-refractivity contribution in [3.63, 3.8) is 0 Å². The Labute approximate surface area is 99.5 Å². The van der Waals surface area contributed by atoms with Crippen molar-refractivity contribution < 1.29 is 5.11 Å². The molecule has 0 bridgehead atoms. The number of thioether (sulfide) groups is 1. The van der Waals surface area contributed by atoms with Gasteiger partial charge in [-0.15, -0.1) is 0 Å². The lowest BCUT2D eigenvalue weighted by molar-refractivity contribution is 0.284. The van der Waals surface area contributed by atoms with Gasteiger partial charge in [-0.3, -0.25) is 0 Å². The molecule has 5 heteroatoms. The van der Waals surface area contributed by atoms with Crippen LogP contribution in [0.2, 0.25) is 0 Å². The van der Waals surface area contributed by atoms with Gasteiger partial charge < -0.3 is 10.0 Å². The van der Waals surface area contributed by atoms with Gasteiger partial charge >= 0.3 is 0 Å². The minimum Gasteiger partial charge on any atom is -0.391 e. The maximum absolute atomic E-state index is 9.10. The van der Waals surface area contributed by atoms with Crippen LogP contribution in [0.15, 0.2) is 0 Å². The van der Waals surface area contributed by atoms with Crippen LogP contribution in [-0.2, 0) is 6.61 Å². The molecule has 1 heterocycles. The minimum absolute atomic E-state index is 0.0915. The van der Waals surface area contributed by atoms with Crippen LogP contribution in [0.4, 0.5) is 5.13 Å². The minimum atomic E-state index is 0.0915. The Morgan fingerprint density at radius 1 is 1.60 bits per heavy atom. The fourth-order valence-electron chi connectivity index (χ4n) is 1.25. The Kier molecular flexibility index (Phi) is 4.89. The summed E-state index contributed by atoms with van der Waals surface area (Å²) in [4.78, 5) is 7.60. The summed E-state index contributed by atoms with van der Waals surface area (Å²) in [5.74, 6) is 1.09. The fraction of sp³-hybridized carbons (Fsp3) is 0.700. The molecule has 0 radical (unpaired) electrons. The van der Waals surface area contributed by atoms with Gasteiger partial charge in [0.15, 0.2) is 5.13 Å². The average Bonchev–Trinajstić information content (AvgIpc) is 2.59. The van der Waals surface area contributed by atoms with Gasteiger partial charge in [0.2, 0.25) is 0 Å². The summed E-state index contributed by atoms with van der Waals surface area (Å²) in [6.07, 6.45) is 2.11. The molecule has 0 aliphatic heterocycles. The van der Waals surface area contributed by atoms with E-state index in [4.69, 9.17) is 5.11 Å². The van der Waals surface area contributed by atoms with Crippen LogP contribution in [0.5, 0.6) is 0 Å². The lowest BCUT2D eigenvalue weighted by atomic mass is 10.4. The zero-order valence-corrected chi connectivity index (χ0v) is 11.3. The first-order chi connectivity index (χ1) is 7.10. The molecule has 1 atom stereocenters. The van der Waals surface area contributed by atoms with Crippen molar-refractivity contribution in [3.8, 4) is 0 Å². The molecule has 0 fully saturated rings. The Bertz CT molecular complexity index is 314. The van der Waals surface area contributed by atoms with Gasteiger partial charge in [-0.05, 0) is 20.1 Å². The summed E-state index contributed by atoms with van der Waals surface area (Å²) < 4.78 is 0. The van der Waals surface area contributed by atoms with Crippen molar-refractivity contribution in [3.05, 3.63) is 10.6 Å². The van der Waals surface area contributed by atoms with Crippen LogP contribution in [0, 0.1) is 6.92 Å². The molecule has 1 unspecified atom stereocenters. The highest BCUT2D eigenvalue weighted by Crippen LogP contribution is 2.26. The number of thiazole rings is 1. The van der Waals surface area contributed by atoms with Crippen LogP contribution in [-0.4, -0.2) is 35.2 Å². The third kappa shape index (κ3) is 3.09. The number of anilines is 1. The molecule has 0 aromatic carbocycles. The van der Waals surface area contributed by atoms with Crippen molar-refractivity contribution in [1.29, 1.82) is 0 Å². The Hall–Kier alpha value is -0.260. The number of hydrogen-bond acceptors (Lipinski definition) is 5. The van der Waals surface area contributed by atoms with E-state index < -0.39 is 0 Å². The Balaban J connectivity index is 2.77. The first kappa shape index (κ1) is 12.8. The summed E-state index contributed by atoms with van der Waals surface area (Å²) >= 11 is 3.41. The predicted molar refractivity (Wildman–Crippen MR) is 69.0 cm³/mol. The van der Waals surface area contributed by atoms with E-state index in [-0.39, 0.29) is 6.61 Å². The van der Waals surface area contributed by atoms with E-state index in [0.717, 1.165) is 21.5 Å². The normalized spacial score (nSPS) is 12.9. The first-order valence-corrected chi connectivity index (χ1v) is 7.10. The summed E-state index contributed by atoms with van der Waals surface area (Å²) in [6.45, 7) is 4.22. The predicted octanol–water partition coefficient (Wildman–Crippen LogP) is 2.13. The summed E-state index contributed by atoms with van der Waals surface area (Å²) in [5, 5.41) is 10.1. The highest BCUT2D eigenvalue weighted by molar-refractivity contribution is 7.98. The van der Waals surface area contributed by atoms with Gasteiger partial charge in [-0.2, -0.15) is 11.8 Å². The lowest BCUT2D eigenvalue weighted by Crippen LogP contribution is -2.30. The number of hydrogen-bond donors (Lipinski definition) is 1. The molecule has 86 valence electrons. The third-order valence-electron chi connectivity index (χ3n) is 2.40. The average molecular weight is 246 g/mol. The van der Waals surface area contributed by atoms with E-state index in [2.05, 4.69) is 30.1 Å². The van der Waals surface area contributed by atoms with E-state index >= 15 is 0 Å². The van der Waals surface area contributed by atoms with Gasteiger partial charge in [-0.25, -0.2) is 4.98 Å². The molecule has 15 heavy (non-hydrogen) atoms. The highest BCUT2D eigenvalue weighted by Gasteiger charge is 2.14. The number of aryl methyl sites for hydroxylation is 1. The van der Waals surface area contributed by atoms with Crippen LogP contribution in [0.1, 0.15) is 17.5 Å². The van der Waals surface area contributed by atoms with Crippen molar-refractivity contribution >= 4 is 28.2 Å². The number of aromatic nitrogens is 1. The van der Waals surface area contributed by atoms with E-state index in [9.17, 15) is 0 Å². The second kappa shape index (κ2) is 5.72. The van der Waals surface area contributed by atoms with Crippen LogP contribution in [0.25, 0.3) is 0 Å². The number of aliphatic hydroxyl groups excluding tert-OH is 1. The number of rotatable bonds is 5. The Morgan fingerprint density at radius 2 is 2.27 bits per heavy atom. The zero-order valence-electron chi connectivity index (χ0n) is 9.65. The first-order valence-electron chi connectivity index (χ1n) is 4.89. The molecular formula is C10H18N2OS2. The van der Waals surface area contributed by atoms with E-state index in [1.54, 1.807) is 11.3 Å². The number of aliphatic hydroxyl groups is 1. The summed E-state index contributed by atoms with van der Waals surface area (Å²) in [5.41, 5.74) is 0.945. The van der Waals surface area contributed by atoms with Gasteiger partial charge in [0, 0.05) is 18.8 Å². The third-order valence-corrected chi connectivity index (χ3v) is 4.44. The van der Waals surface area contributed by atoms with Crippen LogP contribution in [0.3, 0.4) is 0 Å². The van der Waals surface area contributed by atoms with Crippen LogP contribution < -0.4 is 4.90 Å². The molecule has 0 aliphatic carbocycles. The van der Waals surface area contributed by atoms with Gasteiger partial charge in [0.05, 0.1) is 17.2 Å². The molecule has 0 aliphatic rings. The molecule has 1 rings (SSSR count). The monoisotopic (exact) mass is 246 g/mol. The lowest BCUT2D eigenvalue weighted by Gasteiger charge is -2.23. The quantitative estimate of drug-likeness (QED) is 0.863. The molecule has 0 saturated carbocycles. The molecule has 1 aromatic rings. The topological polar surface area (TPSA) is 36.4 Å². The molecule has 3 nitrogen and oxygen atoms in total. The molecule has 0 amide bonds. The summed E-state index contributed by atoms with van der Waals surface area (Å²) in [6, 6.07) is 0.470. The van der Waals surface area contributed by atoms with Crippen molar-refractivity contribution in [2.75, 3.05) is 24.0 Å². The molecule has 1 N–H and O–H groups in total. The molecular weight excluding hydrogens is 228 g/mol. The maximum Gasteiger partial charge on any atom is 0.185 e. The van der Waals surface area contributed by atoms with Crippen LogP contribution >= 0.6 is 23.1 Å². The standard InChI is InChI=1S/C10H18N2OS2/c1-7(6-14-4)12(3)10-11-8(2)9(5-13)15-10/h7,13H,5-6H2,1-4H3. The molecule has 0 saturated heterocycles. The fourth-order valence-corrected chi connectivity index (χ4v) is 2.94. The highest BCUT2D eigenvalue weighted by atomic mass is 32.2. The van der Waals surface area contributed by atoms with Crippen molar-refractivity contribution in [2.45, 2.75) is 26.5 Å². The molecule has 1 aromatic heterocycles. The van der Waals surface area contributed by atoms with E-state index in [1.807, 2.05) is 18.7 Å². The van der Waals surface area contributed by atoms with Gasteiger partial charge in [0.25, 0.3) is 0 Å². The van der Waals surface area contributed by atoms with E-state index in [0.29, 0.717) is 6.04 Å². The van der Waals surface area contributed by atoms with Crippen molar-refractivity contribution in [2.24, 2.45) is 0 Å². The number of nitrogens with zero attached hydrogens (tertiary/aromatic N) is 2. The second-order valence-electron chi connectivity index (χ2n) is 3.58. The second-order valence-corrected chi connectivity index (χ2v) is 5.55. The summed E-state index contributed by atoms with van der Waals surface area (Å²) in [7, 11) is 2.06. The van der Waals surface area contributed by atoms with Crippen molar-refractivity contribution in [1.82, 2.24) is 4.98 Å². The molecule has 0 spiro atoms. The van der Waals surface area contributed by atoms with E-state index in [1.165, 1.54) is 0 Å². The largest absolute Gasteiger partial charge is 0.391 e. The zero-order chi connectivity index (χ0) is 11.4. The Morgan fingerprint density at radius 3 is 2.73 bits per heavy atom. The smallest absolute Gasteiger partial charge is 0.185 e. The maximum atomic E-state index is 9.10. The van der Waals surface area contributed by atoms with Gasteiger partial charge in [0.1, 0.15) is 0 Å². The van der Waals surface area contributed by atoms with Gasteiger partial charge in [-0.1, -0.05) is 11.3 Å². The SMILES string of the molecule is CSCC(C)N(C)c1nc(C)c(CO)s1.